The molecule has 0 bridgehead atoms. The summed E-state index contributed by atoms with van der Waals surface area (Å²) >= 11 is 0. The number of fused-ring (bicyclic) bond motifs is 1. The van der Waals surface area contributed by atoms with Gasteiger partial charge in [-0.15, -0.1) is 0 Å². The van der Waals surface area contributed by atoms with Gasteiger partial charge in [-0.05, 0) is 51.2 Å². The van der Waals surface area contributed by atoms with Gasteiger partial charge in [0.25, 0.3) is 0 Å². The van der Waals surface area contributed by atoms with Crippen molar-refractivity contribution in [2.75, 3.05) is 0 Å². The van der Waals surface area contributed by atoms with Gasteiger partial charge in [0, 0.05) is 5.56 Å². The number of rotatable bonds is 2. The number of carbonyl (C=O) groups is 1. The molecule has 1 aromatic rings. The van der Waals surface area contributed by atoms with Crippen molar-refractivity contribution in [1.82, 2.24) is 5.32 Å². The second-order valence-corrected chi connectivity index (χ2v) is 6.45. The molecule has 0 aliphatic heterocycles. The highest BCUT2D eigenvalue weighted by Gasteiger charge is 2.26. The van der Waals surface area contributed by atoms with E-state index < -0.39 is 11.7 Å². The maximum atomic E-state index is 12.0. The van der Waals surface area contributed by atoms with Crippen LogP contribution in [0.15, 0.2) is 23.4 Å². The third-order valence-electron chi connectivity index (χ3n) is 3.58. The molecule has 1 aliphatic rings. The highest BCUT2D eigenvalue weighted by molar-refractivity contribution is 5.98. The Labute approximate surface area is 130 Å². The van der Waals surface area contributed by atoms with Crippen LogP contribution in [0, 0.1) is 0 Å². The van der Waals surface area contributed by atoms with E-state index in [0.717, 1.165) is 36.0 Å². The molecule has 0 heterocycles. The molecule has 0 unspecified atom stereocenters. The van der Waals surface area contributed by atoms with Gasteiger partial charge in [0.2, 0.25) is 0 Å². The average Bonchev–Trinajstić information content (AvgIpc) is 2.44. The van der Waals surface area contributed by atoms with Gasteiger partial charge in [-0.1, -0.05) is 23.4 Å². The number of amides is 1. The molecule has 1 aromatic carbocycles. The van der Waals surface area contributed by atoms with Crippen LogP contribution in [-0.2, 0) is 11.2 Å². The van der Waals surface area contributed by atoms with E-state index >= 15 is 0 Å². The van der Waals surface area contributed by atoms with Gasteiger partial charge in [-0.3, -0.25) is 0 Å². The Kier molecular flexibility index (Phi) is 4.59. The van der Waals surface area contributed by atoms with Crippen LogP contribution in [0.5, 0.6) is 0 Å². The van der Waals surface area contributed by atoms with Crippen LogP contribution >= 0.6 is 0 Å². The van der Waals surface area contributed by atoms with Crippen molar-refractivity contribution < 1.29 is 14.7 Å². The van der Waals surface area contributed by atoms with Crippen molar-refractivity contribution in [3.8, 4) is 0 Å². The lowest BCUT2D eigenvalue weighted by molar-refractivity contribution is 0.0498. The van der Waals surface area contributed by atoms with Gasteiger partial charge in [0.05, 0.1) is 6.04 Å². The molecule has 120 valence electrons. The number of oxime groups is 1. The monoisotopic (exact) mass is 305 g/mol. The number of hydrogen-bond donors (Lipinski definition) is 3. The normalized spacial score (nSPS) is 18.5. The smallest absolute Gasteiger partial charge is 0.408 e. The third kappa shape index (κ3) is 3.69. The largest absolute Gasteiger partial charge is 0.444 e. The van der Waals surface area contributed by atoms with Gasteiger partial charge in [-0.2, -0.15) is 0 Å². The number of alkyl carbamates (subject to hydrolysis) is 1. The first-order valence-electron chi connectivity index (χ1n) is 7.41. The van der Waals surface area contributed by atoms with Crippen molar-refractivity contribution >= 4 is 11.9 Å². The van der Waals surface area contributed by atoms with Crippen LogP contribution in [0.25, 0.3) is 0 Å². The first-order valence-corrected chi connectivity index (χ1v) is 7.41. The molecule has 0 spiro atoms. The van der Waals surface area contributed by atoms with E-state index in [-0.39, 0.29) is 11.9 Å². The molecule has 0 aromatic heterocycles. The van der Waals surface area contributed by atoms with E-state index in [9.17, 15) is 4.79 Å². The molecule has 0 saturated carbocycles. The molecule has 1 aliphatic carbocycles. The average molecular weight is 305 g/mol. The minimum absolute atomic E-state index is 0.0924. The molecule has 2 rings (SSSR count). The number of nitrogens with one attached hydrogen (secondary N) is 1. The van der Waals surface area contributed by atoms with Crippen LogP contribution in [-0.4, -0.2) is 22.7 Å². The Morgan fingerprint density at radius 2 is 2.18 bits per heavy atom. The number of nitrogens with two attached hydrogens (primary N) is 1. The third-order valence-corrected chi connectivity index (χ3v) is 3.58. The molecule has 22 heavy (non-hydrogen) atoms. The minimum atomic E-state index is -0.530. The van der Waals surface area contributed by atoms with Crippen LogP contribution in [0.2, 0.25) is 0 Å². The summed E-state index contributed by atoms with van der Waals surface area (Å²) in [7, 11) is 0. The Hall–Kier alpha value is -2.24. The van der Waals surface area contributed by atoms with Gasteiger partial charge >= 0.3 is 6.09 Å². The second kappa shape index (κ2) is 6.25. The maximum Gasteiger partial charge on any atom is 0.408 e. The molecule has 1 amide bonds. The molecule has 4 N–H and O–H groups in total. The number of benzene rings is 1. The van der Waals surface area contributed by atoms with Crippen LogP contribution in [0.4, 0.5) is 4.79 Å². The molecule has 0 radical (unpaired) electrons. The molecular formula is C16H23N3O3. The van der Waals surface area contributed by atoms with Crippen LogP contribution in [0.1, 0.15) is 56.3 Å². The van der Waals surface area contributed by atoms with Crippen molar-refractivity contribution in [2.45, 2.75) is 51.7 Å². The molecule has 0 saturated heterocycles. The zero-order chi connectivity index (χ0) is 16.3. The van der Waals surface area contributed by atoms with Gasteiger partial charge in [-0.25, -0.2) is 4.79 Å². The molecule has 0 fully saturated rings. The zero-order valence-electron chi connectivity index (χ0n) is 13.2. The topological polar surface area (TPSA) is 96.9 Å². The Bertz CT molecular complexity index is 591. The first kappa shape index (κ1) is 16.1. The summed E-state index contributed by atoms with van der Waals surface area (Å²) in [6, 6.07) is 5.51. The van der Waals surface area contributed by atoms with Crippen molar-refractivity contribution in [3.05, 3.63) is 34.9 Å². The Balaban J connectivity index is 2.24. The number of nitrogens with zero attached hydrogens (tertiary/aromatic N) is 1. The lowest BCUT2D eigenvalue weighted by Gasteiger charge is -2.29. The number of amidine groups is 1. The van der Waals surface area contributed by atoms with E-state index in [1.807, 2.05) is 39.0 Å². The fourth-order valence-electron chi connectivity index (χ4n) is 2.74. The van der Waals surface area contributed by atoms with Crippen molar-refractivity contribution in [2.24, 2.45) is 10.9 Å². The number of ether oxygens (including phenoxy) is 1. The summed E-state index contributed by atoms with van der Waals surface area (Å²) in [6.45, 7) is 5.49. The zero-order valence-corrected chi connectivity index (χ0v) is 13.2. The van der Waals surface area contributed by atoms with Gasteiger partial charge in [0.1, 0.15) is 5.60 Å². The summed E-state index contributed by atoms with van der Waals surface area (Å²) in [5, 5.41) is 14.9. The van der Waals surface area contributed by atoms with E-state index in [0.29, 0.717) is 0 Å². The maximum absolute atomic E-state index is 12.0. The fraction of sp³-hybridized carbons (Fsp3) is 0.500. The lowest BCUT2D eigenvalue weighted by Crippen LogP contribution is -2.36. The minimum Gasteiger partial charge on any atom is -0.444 e. The van der Waals surface area contributed by atoms with E-state index in [4.69, 9.17) is 15.7 Å². The van der Waals surface area contributed by atoms with Crippen LogP contribution < -0.4 is 11.1 Å². The Morgan fingerprint density at radius 3 is 2.82 bits per heavy atom. The van der Waals surface area contributed by atoms with Crippen molar-refractivity contribution in [3.63, 3.8) is 0 Å². The standard InChI is InChI=1S/C16H23N3O3/c1-16(2,3)22-15(20)18-13-9-5-6-10-11(13)7-4-8-12(10)14(17)19-21/h4,7-8,13,21H,5-6,9H2,1-3H3,(H2,17,19)(H,18,20)/t13-/m0/s1. The van der Waals surface area contributed by atoms with Gasteiger partial charge < -0.3 is 21.0 Å². The quantitative estimate of drug-likeness (QED) is 0.339. The molecule has 6 nitrogen and oxygen atoms in total. The van der Waals surface area contributed by atoms with E-state index in [2.05, 4.69) is 10.5 Å². The van der Waals surface area contributed by atoms with Crippen molar-refractivity contribution in [1.29, 1.82) is 0 Å². The molecule has 1 atom stereocenters. The summed E-state index contributed by atoms with van der Waals surface area (Å²) in [5.74, 6) is 0.0924. The SMILES string of the molecule is CC(C)(C)OC(=O)N[C@H]1CCCc2c(C(N)=NO)cccc21. The fourth-order valence-corrected chi connectivity index (χ4v) is 2.74. The predicted octanol–water partition coefficient (Wildman–Crippen LogP) is 2.68. The Morgan fingerprint density at radius 1 is 1.45 bits per heavy atom. The summed E-state index contributed by atoms with van der Waals surface area (Å²) in [5.41, 5.74) is 7.94. The molecule has 6 heteroatoms. The number of carbonyl (C=O) groups excluding carboxylic acids is 1. The highest BCUT2D eigenvalue weighted by atomic mass is 16.6. The highest BCUT2D eigenvalue weighted by Crippen LogP contribution is 2.32. The summed E-state index contributed by atoms with van der Waals surface area (Å²) in [4.78, 5) is 12.0. The number of hydrogen-bond acceptors (Lipinski definition) is 4. The summed E-state index contributed by atoms with van der Waals surface area (Å²) < 4.78 is 5.32. The predicted molar refractivity (Wildman–Crippen MR) is 84.0 cm³/mol. The van der Waals surface area contributed by atoms with E-state index in [1.54, 1.807) is 0 Å². The summed E-state index contributed by atoms with van der Waals surface area (Å²) in [6.07, 6.45) is 2.17. The molecular weight excluding hydrogens is 282 g/mol. The van der Waals surface area contributed by atoms with E-state index in [1.165, 1.54) is 0 Å². The first-order chi connectivity index (χ1) is 10.3. The van der Waals surface area contributed by atoms with Crippen LogP contribution in [0.3, 0.4) is 0 Å². The second-order valence-electron chi connectivity index (χ2n) is 6.45. The van der Waals surface area contributed by atoms with Gasteiger partial charge in [0.15, 0.2) is 5.84 Å². The lowest BCUT2D eigenvalue weighted by atomic mass is 9.84.